The second-order valence-electron chi connectivity index (χ2n) is 12.6. The number of ketones is 1. The molecule has 0 bridgehead atoms. The van der Waals surface area contributed by atoms with E-state index in [0.29, 0.717) is 6.42 Å². The molecule has 8 nitrogen and oxygen atoms in total. The van der Waals surface area contributed by atoms with Gasteiger partial charge >= 0.3 is 5.97 Å². The molecular formula is C35H56O8. The summed E-state index contributed by atoms with van der Waals surface area (Å²) < 4.78 is 17.0. The zero-order valence-corrected chi connectivity index (χ0v) is 28.0. The van der Waals surface area contributed by atoms with Crippen molar-refractivity contribution in [1.29, 1.82) is 0 Å². The topological polar surface area (TPSA) is 123 Å². The summed E-state index contributed by atoms with van der Waals surface area (Å²) in [6, 6.07) is 0. The minimum absolute atomic E-state index is 0.00159. The Bertz CT molecular complexity index is 1050. The molecule has 0 aromatic rings. The number of rotatable bonds is 10. The van der Waals surface area contributed by atoms with Crippen LogP contribution in [0.3, 0.4) is 0 Å². The number of allylic oxidation sites excluding steroid dienone is 6. The van der Waals surface area contributed by atoms with Gasteiger partial charge in [0, 0.05) is 30.8 Å². The summed E-state index contributed by atoms with van der Waals surface area (Å²) in [7, 11) is 2.86. The van der Waals surface area contributed by atoms with Crippen molar-refractivity contribution in [2.75, 3.05) is 14.2 Å². The van der Waals surface area contributed by atoms with Crippen molar-refractivity contribution in [1.82, 2.24) is 0 Å². The molecule has 1 aliphatic rings. The van der Waals surface area contributed by atoms with Crippen LogP contribution in [0.15, 0.2) is 59.4 Å². The first-order valence-corrected chi connectivity index (χ1v) is 15.3. The van der Waals surface area contributed by atoms with Gasteiger partial charge in [0.1, 0.15) is 12.2 Å². The summed E-state index contributed by atoms with van der Waals surface area (Å²) in [6.45, 7) is 16.7. The standard InChI is InChI=1S/C35H56O8/c1-20(2)31(37)23(5)15-16-28(36)26(8)33(39)27(9)34-29(41-10)14-12-13-21(3)17-24(6)32(38)25(7)18-22(4)19-30(42-11)35(40)43-34/h12-16,18-20,23-27,29,31-34,37-39H,17H2,1-11H3/b14-12+,16-15+,21-13+,22-18+,30-19-/t23-,24-,25+,26+,27-,29-,31+,32-,33-,34+/m0/s1. The number of ether oxygens (including phenoxy) is 3. The molecular weight excluding hydrogens is 548 g/mol. The molecule has 43 heavy (non-hydrogen) atoms. The van der Waals surface area contributed by atoms with Gasteiger partial charge < -0.3 is 29.5 Å². The average molecular weight is 605 g/mol. The van der Waals surface area contributed by atoms with Crippen molar-refractivity contribution in [3.05, 3.63) is 59.4 Å². The van der Waals surface area contributed by atoms with Crippen LogP contribution in [0, 0.1) is 35.5 Å². The number of esters is 1. The van der Waals surface area contributed by atoms with E-state index in [-0.39, 0.29) is 35.2 Å². The molecule has 0 saturated carbocycles. The lowest BCUT2D eigenvalue weighted by Crippen LogP contribution is -2.45. The van der Waals surface area contributed by atoms with Crippen LogP contribution in [-0.4, -0.2) is 71.8 Å². The van der Waals surface area contributed by atoms with E-state index in [1.807, 2.05) is 66.7 Å². The van der Waals surface area contributed by atoms with Gasteiger partial charge in [-0.15, -0.1) is 0 Å². The largest absolute Gasteiger partial charge is 0.490 e. The Balaban J connectivity index is 3.46. The molecule has 0 aliphatic carbocycles. The summed E-state index contributed by atoms with van der Waals surface area (Å²) in [6.07, 6.45) is 8.65. The van der Waals surface area contributed by atoms with Gasteiger partial charge in [0.05, 0.1) is 25.4 Å². The zero-order chi connectivity index (χ0) is 33.0. The van der Waals surface area contributed by atoms with E-state index < -0.39 is 48.3 Å². The molecule has 1 heterocycles. The van der Waals surface area contributed by atoms with E-state index >= 15 is 0 Å². The van der Waals surface area contributed by atoms with Gasteiger partial charge in [-0.25, -0.2) is 4.79 Å². The van der Waals surface area contributed by atoms with Gasteiger partial charge in [-0.3, -0.25) is 4.79 Å². The van der Waals surface area contributed by atoms with Crippen LogP contribution in [0.4, 0.5) is 0 Å². The number of aliphatic hydroxyl groups excluding tert-OH is 3. The first-order valence-electron chi connectivity index (χ1n) is 15.3. The molecule has 1 aliphatic heterocycles. The normalized spacial score (nSPS) is 32.7. The maximum absolute atomic E-state index is 13.4. The second-order valence-corrected chi connectivity index (χ2v) is 12.6. The highest BCUT2D eigenvalue weighted by Crippen LogP contribution is 2.27. The summed E-state index contributed by atoms with van der Waals surface area (Å²) in [5, 5.41) is 32.5. The van der Waals surface area contributed by atoms with Gasteiger partial charge in [0.2, 0.25) is 5.76 Å². The quantitative estimate of drug-likeness (QED) is 0.226. The van der Waals surface area contributed by atoms with Gasteiger partial charge in [0.25, 0.3) is 0 Å². The minimum atomic E-state index is -1.17. The number of methoxy groups -OCH3 is 2. The number of carbonyl (C=O) groups is 2. The van der Waals surface area contributed by atoms with Gasteiger partial charge in [-0.2, -0.15) is 0 Å². The highest BCUT2D eigenvalue weighted by atomic mass is 16.6. The van der Waals surface area contributed by atoms with E-state index in [2.05, 4.69) is 0 Å². The third-order valence-electron chi connectivity index (χ3n) is 8.40. The van der Waals surface area contributed by atoms with Crippen LogP contribution in [-0.2, 0) is 23.8 Å². The fourth-order valence-electron chi connectivity index (χ4n) is 5.43. The highest BCUT2D eigenvalue weighted by molar-refractivity contribution is 5.92. The molecule has 0 aromatic heterocycles. The summed E-state index contributed by atoms with van der Waals surface area (Å²) in [4.78, 5) is 26.4. The van der Waals surface area contributed by atoms with Crippen molar-refractivity contribution in [2.45, 2.75) is 99.3 Å². The van der Waals surface area contributed by atoms with Crippen LogP contribution in [0.5, 0.6) is 0 Å². The fraction of sp³-hybridized carbons (Fsp3) is 0.657. The number of hydrogen-bond acceptors (Lipinski definition) is 8. The van der Waals surface area contributed by atoms with Gasteiger partial charge in [0.15, 0.2) is 5.78 Å². The zero-order valence-electron chi connectivity index (χ0n) is 28.0. The van der Waals surface area contributed by atoms with Crippen molar-refractivity contribution < 1.29 is 39.1 Å². The van der Waals surface area contributed by atoms with E-state index in [0.717, 1.165) is 11.1 Å². The van der Waals surface area contributed by atoms with E-state index in [1.54, 1.807) is 32.1 Å². The Labute approximate surface area is 259 Å². The van der Waals surface area contributed by atoms with Crippen LogP contribution in [0.2, 0.25) is 0 Å². The molecule has 0 amide bonds. The van der Waals surface area contributed by atoms with E-state index in [4.69, 9.17) is 14.2 Å². The lowest BCUT2D eigenvalue weighted by Gasteiger charge is -2.33. The maximum Gasteiger partial charge on any atom is 0.373 e. The summed E-state index contributed by atoms with van der Waals surface area (Å²) in [5.41, 5.74) is 1.78. The number of carbonyl (C=O) groups excluding carboxylic acids is 2. The molecule has 0 unspecified atom stereocenters. The molecule has 10 atom stereocenters. The fourth-order valence-corrected chi connectivity index (χ4v) is 5.43. The lowest BCUT2D eigenvalue weighted by atomic mass is 9.84. The van der Waals surface area contributed by atoms with Crippen LogP contribution in [0.1, 0.15) is 68.7 Å². The Hall–Kier alpha value is -2.52. The van der Waals surface area contributed by atoms with Gasteiger partial charge in [-0.05, 0) is 44.3 Å². The second kappa shape index (κ2) is 18.3. The van der Waals surface area contributed by atoms with Crippen molar-refractivity contribution in [3.63, 3.8) is 0 Å². The minimum Gasteiger partial charge on any atom is -0.490 e. The Morgan fingerprint density at radius 1 is 1.07 bits per heavy atom. The Morgan fingerprint density at radius 2 is 1.70 bits per heavy atom. The van der Waals surface area contributed by atoms with E-state index in [1.165, 1.54) is 20.3 Å². The van der Waals surface area contributed by atoms with E-state index in [9.17, 15) is 24.9 Å². The predicted octanol–water partition coefficient (Wildman–Crippen LogP) is 5.34. The monoisotopic (exact) mass is 604 g/mol. The first kappa shape index (κ1) is 38.5. The lowest BCUT2D eigenvalue weighted by molar-refractivity contribution is -0.162. The first-order chi connectivity index (χ1) is 20.0. The molecule has 8 heteroatoms. The molecule has 3 N–H and O–H groups in total. The van der Waals surface area contributed by atoms with Crippen LogP contribution < -0.4 is 0 Å². The number of cyclic esters (lactones) is 1. The van der Waals surface area contributed by atoms with Crippen molar-refractivity contribution in [3.8, 4) is 0 Å². The SMILES string of the molecule is CO/C1=C\C(C)=C\[C@@H](C)[C@@H](O)[C@@H](C)C/C(C)=C/C=C/[C@H](OC)[C@@H]([C@@H](C)[C@@H](O)[C@H](C)C(=O)/C=C/[C@H](C)[C@H](O)C(C)C)OC1=O. The number of aliphatic hydroxyl groups is 3. The maximum atomic E-state index is 13.4. The third-order valence-corrected chi connectivity index (χ3v) is 8.40. The van der Waals surface area contributed by atoms with Crippen LogP contribution >= 0.6 is 0 Å². The molecule has 244 valence electrons. The van der Waals surface area contributed by atoms with Crippen molar-refractivity contribution >= 4 is 11.8 Å². The summed E-state index contributed by atoms with van der Waals surface area (Å²) in [5.74, 6) is -2.96. The highest BCUT2D eigenvalue weighted by Gasteiger charge is 2.38. The predicted molar refractivity (Wildman–Crippen MR) is 170 cm³/mol. The smallest absolute Gasteiger partial charge is 0.373 e. The van der Waals surface area contributed by atoms with Gasteiger partial charge in [-0.1, -0.05) is 90.0 Å². The third kappa shape index (κ3) is 11.8. The summed E-state index contributed by atoms with van der Waals surface area (Å²) >= 11 is 0. The van der Waals surface area contributed by atoms with Crippen LogP contribution in [0.25, 0.3) is 0 Å². The molecule has 0 fully saturated rings. The molecule has 0 spiro atoms. The molecule has 0 saturated heterocycles. The molecule has 0 radical (unpaired) electrons. The number of hydrogen-bond donors (Lipinski definition) is 3. The average Bonchev–Trinajstić information content (AvgIpc) is 2.96. The molecule has 1 rings (SSSR count). The van der Waals surface area contributed by atoms with Crippen molar-refractivity contribution in [2.24, 2.45) is 35.5 Å². The Kier molecular flexibility index (Phi) is 16.4. The Morgan fingerprint density at radius 3 is 2.26 bits per heavy atom. The molecule has 0 aromatic carbocycles.